The molecular weight excluding hydrogens is 466 g/mol. The van der Waals surface area contributed by atoms with Crippen LogP contribution in [0.5, 0.6) is 0 Å². The molecule has 170 valence electrons. The molecule has 0 bridgehead atoms. The molecule has 0 aliphatic rings. The Morgan fingerprint density at radius 1 is 1.06 bits per heavy atom. The molecule has 0 aliphatic carbocycles. The molecule has 5 aromatic rings. The smallest absolute Gasteiger partial charge is 0.267 e. The molecule has 3 aromatic heterocycles. The number of benzene rings is 2. The molecule has 8 heteroatoms. The van der Waals surface area contributed by atoms with Gasteiger partial charge in [0.15, 0.2) is 5.16 Å². The van der Waals surface area contributed by atoms with Gasteiger partial charge in [0, 0.05) is 11.9 Å². The van der Waals surface area contributed by atoms with Crippen LogP contribution < -0.4 is 5.56 Å². The topological polar surface area (TPSA) is 68.3 Å². The number of thiophene rings is 1. The summed E-state index contributed by atoms with van der Waals surface area (Å²) in [6.07, 6.45) is 1.59. The molecule has 0 radical (unpaired) electrons. The number of carbonyl (C=O) groups is 1. The Kier molecular flexibility index (Phi) is 6.33. The number of para-hydroxylation sites is 1. The average Bonchev–Trinajstić information content (AvgIpc) is 3.54. The molecule has 3 heterocycles. The Morgan fingerprint density at radius 2 is 1.79 bits per heavy atom. The van der Waals surface area contributed by atoms with Gasteiger partial charge in [0.05, 0.1) is 29.6 Å². The number of rotatable bonds is 7. The van der Waals surface area contributed by atoms with Gasteiger partial charge < -0.3 is 9.32 Å². The van der Waals surface area contributed by atoms with Crippen LogP contribution in [0.4, 0.5) is 0 Å². The second-order valence-corrected chi connectivity index (χ2v) is 9.66. The van der Waals surface area contributed by atoms with Crippen molar-refractivity contribution in [3.63, 3.8) is 0 Å². The van der Waals surface area contributed by atoms with Gasteiger partial charge in [-0.25, -0.2) is 4.98 Å². The van der Waals surface area contributed by atoms with Gasteiger partial charge in [0.1, 0.15) is 10.6 Å². The molecule has 34 heavy (non-hydrogen) atoms. The van der Waals surface area contributed by atoms with E-state index in [0.29, 0.717) is 33.4 Å². The predicted octanol–water partition coefficient (Wildman–Crippen LogP) is 5.46. The molecule has 1 amide bonds. The second kappa shape index (κ2) is 9.70. The lowest BCUT2D eigenvalue weighted by atomic mass is 10.2. The number of hydrogen-bond donors (Lipinski definition) is 0. The maximum atomic E-state index is 13.6. The summed E-state index contributed by atoms with van der Waals surface area (Å²) < 4.78 is 6.93. The molecule has 0 aliphatic heterocycles. The molecule has 0 saturated carbocycles. The van der Waals surface area contributed by atoms with Crippen LogP contribution in [0.1, 0.15) is 5.76 Å². The van der Waals surface area contributed by atoms with E-state index in [1.807, 2.05) is 72.8 Å². The minimum absolute atomic E-state index is 0.0773. The van der Waals surface area contributed by atoms with Crippen LogP contribution in [0.15, 0.2) is 99.5 Å². The number of thioether (sulfide) groups is 1. The van der Waals surface area contributed by atoms with Gasteiger partial charge in [-0.2, -0.15) is 0 Å². The Bertz CT molecular complexity index is 1480. The van der Waals surface area contributed by atoms with Crippen LogP contribution in [0.25, 0.3) is 26.3 Å². The maximum Gasteiger partial charge on any atom is 0.267 e. The average molecular weight is 488 g/mol. The highest BCUT2D eigenvalue weighted by Gasteiger charge is 2.19. The Hall–Kier alpha value is -3.62. The van der Waals surface area contributed by atoms with Crippen LogP contribution in [0.3, 0.4) is 0 Å². The number of aromatic nitrogens is 2. The number of furan rings is 1. The van der Waals surface area contributed by atoms with E-state index in [1.54, 1.807) is 28.8 Å². The van der Waals surface area contributed by atoms with E-state index in [9.17, 15) is 9.59 Å². The van der Waals surface area contributed by atoms with Crippen molar-refractivity contribution in [2.45, 2.75) is 11.7 Å². The molecule has 0 fully saturated rings. The lowest BCUT2D eigenvalue weighted by molar-refractivity contribution is -0.127. The highest BCUT2D eigenvalue weighted by Crippen LogP contribution is 2.32. The van der Waals surface area contributed by atoms with Crippen molar-refractivity contribution in [1.29, 1.82) is 0 Å². The zero-order valence-electron chi connectivity index (χ0n) is 18.4. The van der Waals surface area contributed by atoms with Gasteiger partial charge in [-0.15, -0.1) is 11.3 Å². The fraction of sp³-hybridized carbons (Fsp3) is 0.115. The maximum absolute atomic E-state index is 13.6. The van der Waals surface area contributed by atoms with Gasteiger partial charge in [0.2, 0.25) is 5.91 Å². The normalized spacial score (nSPS) is 11.1. The van der Waals surface area contributed by atoms with Crippen LogP contribution in [-0.2, 0) is 11.3 Å². The number of amides is 1. The zero-order chi connectivity index (χ0) is 23.5. The summed E-state index contributed by atoms with van der Waals surface area (Å²) in [7, 11) is 1.73. The molecule has 6 nitrogen and oxygen atoms in total. The third-order valence-electron chi connectivity index (χ3n) is 5.33. The van der Waals surface area contributed by atoms with E-state index >= 15 is 0 Å². The van der Waals surface area contributed by atoms with Crippen LogP contribution in [0, 0.1) is 0 Å². The summed E-state index contributed by atoms with van der Waals surface area (Å²) in [6.45, 7) is 0.385. The largest absolute Gasteiger partial charge is 0.467 e. The Labute approximate surface area is 204 Å². The van der Waals surface area contributed by atoms with Gasteiger partial charge in [-0.05, 0) is 35.9 Å². The van der Waals surface area contributed by atoms with Crippen LogP contribution >= 0.6 is 23.1 Å². The fourth-order valence-corrected chi connectivity index (χ4v) is 5.60. The summed E-state index contributed by atoms with van der Waals surface area (Å²) in [5.41, 5.74) is 1.61. The van der Waals surface area contributed by atoms with E-state index in [2.05, 4.69) is 0 Å². The van der Waals surface area contributed by atoms with Crippen molar-refractivity contribution in [3.05, 3.63) is 101 Å². The highest BCUT2D eigenvalue weighted by atomic mass is 32.2. The van der Waals surface area contributed by atoms with Crippen molar-refractivity contribution in [3.8, 4) is 16.1 Å². The second-order valence-electron chi connectivity index (χ2n) is 7.68. The molecule has 2 aromatic carbocycles. The van der Waals surface area contributed by atoms with Crippen LogP contribution in [0.2, 0.25) is 0 Å². The first-order valence-electron chi connectivity index (χ1n) is 10.7. The van der Waals surface area contributed by atoms with Crippen molar-refractivity contribution >= 4 is 39.2 Å². The third kappa shape index (κ3) is 4.55. The summed E-state index contributed by atoms with van der Waals surface area (Å²) in [4.78, 5) is 34.4. The highest BCUT2D eigenvalue weighted by molar-refractivity contribution is 7.99. The fourth-order valence-electron chi connectivity index (χ4n) is 3.57. The van der Waals surface area contributed by atoms with Gasteiger partial charge in [-0.3, -0.25) is 14.2 Å². The molecule has 0 N–H and O–H groups in total. The van der Waals surface area contributed by atoms with Crippen molar-refractivity contribution in [1.82, 2.24) is 14.5 Å². The molecule has 0 atom stereocenters. The van der Waals surface area contributed by atoms with Gasteiger partial charge >= 0.3 is 0 Å². The molecule has 0 saturated heterocycles. The van der Waals surface area contributed by atoms with E-state index in [1.165, 1.54) is 23.1 Å². The van der Waals surface area contributed by atoms with Gasteiger partial charge in [0.25, 0.3) is 5.56 Å². The lowest BCUT2D eigenvalue weighted by Crippen LogP contribution is -2.28. The molecule has 5 rings (SSSR count). The van der Waals surface area contributed by atoms with Crippen molar-refractivity contribution < 1.29 is 9.21 Å². The standard InChI is InChI=1S/C26H21N3O3S2/c1-28(16-20-13-8-14-32-20)23(30)17-33-26-27-24-21(15-22(34-24)18-9-4-2-5-10-18)25(31)29(26)19-11-6-3-7-12-19/h2-15H,16-17H2,1H3. The summed E-state index contributed by atoms with van der Waals surface area (Å²) in [5, 5.41) is 1.06. The third-order valence-corrected chi connectivity index (χ3v) is 7.33. The Morgan fingerprint density at radius 3 is 2.50 bits per heavy atom. The van der Waals surface area contributed by atoms with E-state index in [4.69, 9.17) is 9.40 Å². The number of hydrogen-bond acceptors (Lipinski definition) is 6. The minimum Gasteiger partial charge on any atom is -0.467 e. The summed E-state index contributed by atoms with van der Waals surface area (Å²) in [5.74, 6) is 0.791. The predicted molar refractivity (Wildman–Crippen MR) is 137 cm³/mol. The lowest BCUT2D eigenvalue weighted by Gasteiger charge is -2.16. The summed E-state index contributed by atoms with van der Waals surface area (Å²) in [6, 6.07) is 24.9. The van der Waals surface area contributed by atoms with Crippen molar-refractivity contribution in [2.24, 2.45) is 0 Å². The minimum atomic E-state index is -0.145. The summed E-state index contributed by atoms with van der Waals surface area (Å²) >= 11 is 2.74. The first kappa shape index (κ1) is 22.2. The van der Waals surface area contributed by atoms with E-state index in [-0.39, 0.29) is 17.2 Å². The number of nitrogens with zero attached hydrogens (tertiary/aromatic N) is 3. The molecule has 0 unspecified atom stereocenters. The van der Waals surface area contributed by atoms with E-state index in [0.717, 1.165) is 10.4 Å². The molecule has 0 spiro atoms. The zero-order valence-corrected chi connectivity index (χ0v) is 20.0. The SMILES string of the molecule is CN(Cc1ccco1)C(=O)CSc1nc2sc(-c3ccccc3)cc2c(=O)n1-c1ccccc1. The Balaban J connectivity index is 1.50. The first-order valence-corrected chi connectivity index (χ1v) is 12.5. The van der Waals surface area contributed by atoms with Crippen LogP contribution in [-0.4, -0.2) is 33.2 Å². The van der Waals surface area contributed by atoms with Gasteiger partial charge in [-0.1, -0.05) is 60.3 Å². The van der Waals surface area contributed by atoms with Crippen molar-refractivity contribution in [2.75, 3.05) is 12.8 Å². The first-order chi connectivity index (χ1) is 16.6. The monoisotopic (exact) mass is 487 g/mol. The number of carbonyl (C=O) groups excluding carboxylic acids is 1. The quantitative estimate of drug-likeness (QED) is 0.225. The number of fused-ring (bicyclic) bond motifs is 1. The molecular formula is C26H21N3O3S2. The van der Waals surface area contributed by atoms with E-state index < -0.39 is 0 Å².